The van der Waals surface area contributed by atoms with Crippen LogP contribution in [0.25, 0.3) is 0 Å². The van der Waals surface area contributed by atoms with Gasteiger partial charge in [-0.15, -0.1) is 0 Å². The fourth-order valence-corrected chi connectivity index (χ4v) is 3.24. The Kier molecular flexibility index (Phi) is 5.92. The van der Waals surface area contributed by atoms with Gasteiger partial charge in [0, 0.05) is 32.8 Å². The van der Waals surface area contributed by atoms with Gasteiger partial charge in [-0.1, -0.05) is 6.92 Å². The van der Waals surface area contributed by atoms with Gasteiger partial charge < -0.3 is 25.0 Å². The summed E-state index contributed by atoms with van der Waals surface area (Å²) in [7, 11) is 0. The molecule has 2 rings (SSSR count). The Morgan fingerprint density at radius 2 is 1.80 bits per heavy atom. The summed E-state index contributed by atoms with van der Waals surface area (Å²) >= 11 is 0. The second-order valence-electron chi connectivity index (χ2n) is 7.73. The fourth-order valence-electron chi connectivity index (χ4n) is 3.24. The van der Waals surface area contributed by atoms with Crippen molar-refractivity contribution in [3.05, 3.63) is 0 Å². The standard InChI is InChI=1S/C17H29N3O5/c1-11(13-12(5-10-21)14(22)18-13)15(23)19-6-8-20(9-7-19)16(24)25-17(2,3)4/h11-13,21H,5-10H2,1-4H3,(H,18,22). The Balaban J connectivity index is 1.85. The molecule has 25 heavy (non-hydrogen) atoms. The van der Waals surface area contributed by atoms with Crippen molar-refractivity contribution in [3.8, 4) is 0 Å². The molecule has 0 radical (unpaired) electrons. The molecule has 2 heterocycles. The molecule has 3 unspecified atom stereocenters. The first kappa shape index (κ1) is 19.5. The minimum absolute atomic E-state index is 0.0308. The van der Waals surface area contributed by atoms with Crippen molar-refractivity contribution in [1.29, 1.82) is 0 Å². The van der Waals surface area contributed by atoms with E-state index in [1.54, 1.807) is 16.7 Å². The van der Waals surface area contributed by atoms with Gasteiger partial charge in [0.25, 0.3) is 0 Å². The number of hydrogen-bond acceptors (Lipinski definition) is 5. The van der Waals surface area contributed by atoms with Crippen LogP contribution in [0.3, 0.4) is 0 Å². The fraction of sp³-hybridized carbons (Fsp3) is 0.824. The minimum atomic E-state index is -0.539. The summed E-state index contributed by atoms with van der Waals surface area (Å²) in [6.45, 7) is 8.98. The van der Waals surface area contributed by atoms with E-state index in [-0.39, 0.29) is 42.4 Å². The number of amides is 3. The average molecular weight is 355 g/mol. The topological polar surface area (TPSA) is 99.2 Å². The number of carbonyl (C=O) groups is 3. The number of hydrogen-bond donors (Lipinski definition) is 2. The van der Waals surface area contributed by atoms with E-state index < -0.39 is 5.60 Å². The first-order chi connectivity index (χ1) is 11.6. The average Bonchev–Trinajstić information content (AvgIpc) is 2.54. The highest BCUT2D eigenvalue weighted by Gasteiger charge is 2.45. The number of nitrogens with zero attached hydrogens (tertiary/aromatic N) is 2. The van der Waals surface area contributed by atoms with Gasteiger partial charge in [-0.3, -0.25) is 9.59 Å². The van der Waals surface area contributed by atoms with Crippen molar-refractivity contribution in [2.75, 3.05) is 32.8 Å². The Hall–Kier alpha value is -1.83. The van der Waals surface area contributed by atoms with Crippen molar-refractivity contribution in [2.24, 2.45) is 11.8 Å². The normalized spacial score (nSPS) is 25.1. The van der Waals surface area contributed by atoms with Crippen molar-refractivity contribution in [1.82, 2.24) is 15.1 Å². The van der Waals surface area contributed by atoms with Crippen LogP contribution in [-0.4, -0.2) is 77.2 Å². The molecule has 0 aliphatic carbocycles. The van der Waals surface area contributed by atoms with Crippen LogP contribution in [0.15, 0.2) is 0 Å². The van der Waals surface area contributed by atoms with Gasteiger partial charge in [-0.05, 0) is 27.2 Å². The summed E-state index contributed by atoms with van der Waals surface area (Å²) < 4.78 is 5.35. The van der Waals surface area contributed by atoms with E-state index in [0.717, 1.165) is 0 Å². The quantitative estimate of drug-likeness (QED) is 0.702. The van der Waals surface area contributed by atoms with Crippen molar-refractivity contribution < 1.29 is 24.2 Å². The molecule has 0 spiro atoms. The van der Waals surface area contributed by atoms with Crippen LogP contribution >= 0.6 is 0 Å². The van der Waals surface area contributed by atoms with Gasteiger partial charge in [0.2, 0.25) is 11.8 Å². The largest absolute Gasteiger partial charge is 0.444 e. The maximum atomic E-state index is 12.7. The molecule has 8 nitrogen and oxygen atoms in total. The highest BCUT2D eigenvalue weighted by atomic mass is 16.6. The van der Waals surface area contributed by atoms with Crippen LogP contribution in [0.1, 0.15) is 34.1 Å². The van der Waals surface area contributed by atoms with Crippen LogP contribution in [0, 0.1) is 11.8 Å². The van der Waals surface area contributed by atoms with Crippen LogP contribution in [0.5, 0.6) is 0 Å². The third-order valence-electron chi connectivity index (χ3n) is 4.69. The van der Waals surface area contributed by atoms with E-state index in [2.05, 4.69) is 5.32 Å². The second kappa shape index (κ2) is 7.59. The molecular weight excluding hydrogens is 326 g/mol. The summed E-state index contributed by atoms with van der Waals surface area (Å²) in [5.41, 5.74) is -0.539. The molecule has 0 saturated carbocycles. The lowest BCUT2D eigenvalue weighted by atomic mass is 9.79. The number of rotatable bonds is 4. The number of aliphatic hydroxyl groups excluding tert-OH is 1. The van der Waals surface area contributed by atoms with Crippen LogP contribution in [0.4, 0.5) is 4.79 Å². The maximum Gasteiger partial charge on any atom is 0.410 e. The number of ether oxygens (including phenoxy) is 1. The van der Waals surface area contributed by atoms with Gasteiger partial charge in [-0.25, -0.2) is 4.79 Å². The summed E-state index contributed by atoms with van der Waals surface area (Å²) in [5.74, 6) is -0.778. The SMILES string of the molecule is CC(C(=O)N1CCN(C(=O)OC(C)(C)C)CC1)C1NC(=O)C1CCO. The van der Waals surface area contributed by atoms with E-state index in [0.29, 0.717) is 32.6 Å². The lowest BCUT2D eigenvalue weighted by Gasteiger charge is -2.42. The van der Waals surface area contributed by atoms with Gasteiger partial charge in [-0.2, -0.15) is 0 Å². The van der Waals surface area contributed by atoms with Gasteiger partial charge >= 0.3 is 6.09 Å². The zero-order chi connectivity index (χ0) is 18.8. The molecule has 0 aromatic carbocycles. The number of carbonyl (C=O) groups excluding carboxylic acids is 3. The Morgan fingerprint density at radius 3 is 2.28 bits per heavy atom. The van der Waals surface area contributed by atoms with Crippen molar-refractivity contribution in [2.45, 2.75) is 45.8 Å². The number of β-lactam (4-membered cyclic amide) rings is 1. The molecule has 2 saturated heterocycles. The highest BCUT2D eigenvalue weighted by Crippen LogP contribution is 2.26. The van der Waals surface area contributed by atoms with Crippen LogP contribution < -0.4 is 5.32 Å². The summed E-state index contributed by atoms with van der Waals surface area (Å²) in [6.07, 6.45) is 0.0162. The predicted molar refractivity (Wildman–Crippen MR) is 90.7 cm³/mol. The zero-order valence-electron chi connectivity index (χ0n) is 15.4. The van der Waals surface area contributed by atoms with Gasteiger partial charge in [0.1, 0.15) is 5.60 Å². The molecule has 3 atom stereocenters. The Morgan fingerprint density at radius 1 is 1.24 bits per heavy atom. The van der Waals surface area contributed by atoms with E-state index >= 15 is 0 Å². The number of piperazine rings is 1. The lowest BCUT2D eigenvalue weighted by molar-refractivity contribution is -0.145. The van der Waals surface area contributed by atoms with Crippen LogP contribution in [0.2, 0.25) is 0 Å². The van der Waals surface area contributed by atoms with Crippen molar-refractivity contribution >= 4 is 17.9 Å². The van der Waals surface area contributed by atoms with E-state index in [4.69, 9.17) is 9.84 Å². The molecule has 2 aliphatic rings. The summed E-state index contributed by atoms with van der Waals surface area (Å²) in [5, 5.41) is 11.8. The summed E-state index contributed by atoms with van der Waals surface area (Å²) in [6, 6.07) is -0.226. The minimum Gasteiger partial charge on any atom is -0.444 e. The van der Waals surface area contributed by atoms with Crippen molar-refractivity contribution in [3.63, 3.8) is 0 Å². The molecule has 0 bridgehead atoms. The predicted octanol–water partition coefficient (Wildman–Crippen LogP) is 0.199. The molecule has 2 aliphatic heterocycles. The van der Waals surface area contributed by atoms with E-state index in [1.165, 1.54) is 0 Å². The summed E-state index contributed by atoms with van der Waals surface area (Å²) in [4.78, 5) is 39.6. The second-order valence-corrected chi connectivity index (χ2v) is 7.73. The molecule has 0 aromatic rings. The highest BCUT2D eigenvalue weighted by molar-refractivity contribution is 5.89. The molecule has 2 fully saturated rings. The first-order valence-electron chi connectivity index (χ1n) is 8.82. The smallest absolute Gasteiger partial charge is 0.410 e. The molecule has 2 N–H and O–H groups in total. The van der Waals surface area contributed by atoms with Gasteiger partial charge in [0.15, 0.2) is 0 Å². The third-order valence-corrected chi connectivity index (χ3v) is 4.69. The third kappa shape index (κ3) is 4.62. The van der Waals surface area contributed by atoms with E-state index in [1.807, 2.05) is 20.8 Å². The number of aliphatic hydroxyl groups is 1. The molecule has 3 amide bonds. The molecular formula is C17H29N3O5. The first-order valence-corrected chi connectivity index (χ1v) is 8.82. The monoisotopic (exact) mass is 355 g/mol. The van der Waals surface area contributed by atoms with Crippen LogP contribution in [-0.2, 0) is 14.3 Å². The van der Waals surface area contributed by atoms with E-state index in [9.17, 15) is 14.4 Å². The zero-order valence-corrected chi connectivity index (χ0v) is 15.4. The maximum absolute atomic E-state index is 12.7. The Bertz CT molecular complexity index is 523. The number of nitrogens with one attached hydrogen (secondary N) is 1. The molecule has 0 aromatic heterocycles. The Labute approximate surface area is 148 Å². The lowest BCUT2D eigenvalue weighted by Crippen LogP contribution is -2.64. The van der Waals surface area contributed by atoms with Gasteiger partial charge in [0.05, 0.1) is 17.9 Å². The molecule has 8 heteroatoms. The molecule has 142 valence electrons.